The molecule has 22 heavy (non-hydrogen) atoms. The summed E-state index contributed by atoms with van der Waals surface area (Å²) in [4.78, 5) is 4.40. The predicted octanol–water partition coefficient (Wildman–Crippen LogP) is 3.10. The van der Waals surface area contributed by atoms with E-state index >= 15 is 0 Å². The topological polar surface area (TPSA) is 18.5 Å². The van der Waals surface area contributed by atoms with Crippen molar-refractivity contribution in [3.63, 3.8) is 0 Å². The zero-order chi connectivity index (χ0) is 15.9. The summed E-state index contributed by atoms with van der Waals surface area (Å²) in [5.74, 6) is 0.562. The van der Waals surface area contributed by atoms with Crippen molar-refractivity contribution in [3.8, 4) is 0 Å². The SMILES string of the molecule is CC1CCCN(c2cc(CNCCCN(C)C)ccc2F)C1. The number of hydrogen-bond donors (Lipinski definition) is 1. The largest absolute Gasteiger partial charge is 0.369 e. The molecule has 0 bridgehead atoms. The molecular formula is C18H30FN3. The molecule has 0 amide bonds. The van der Waals surface area contributed by atoms with Gasteiger partial charge in [-0.15, -0.1) is 0 Å². The third-order valence-electron chi connectivity index (χ3n) is 4.30. The number of hydrogen-bond acceptors (Lipinski definition) is 3. The lowest BCUT2D eigenvalue weighted by molar-refractivity contribution is 0.394. The molecule has 1 N–H and O–H groups in total. The van der Waals surface area contributed by atoms with E-state index in [9.17, 15) is 4.39 Å². The molecule has 1 aromatic rings. The van der Waals surface area contributed by atoms with E-state index in [2.05, 4.69) is 36.1 Å². The van der Waals surface area contributed by atoms with E-state index in [4.69, 9.17) is 0 Å². The third-order valence-corrected chi connectivity index (χ3v) is 4.30. The first-order chi connectivity index (χ1) is 10.6. The van der Waals surface area contributed by atoms with Crippen LogP contribution in [-0.2, 0) is 6.54 Å². The second kappa shape index (κ2) is 8.49. The number of benzene rings is 1. The number of rotatable bonds is 7. The van der Waals surface area contributed by atoms with Gasteiger partial charge in [0.2, 0.25) is 0 Å². The van der Waals surface area contributed by atoms with Crippen molar-refractivity contribution >= 4 is 5.69 Å². The van der Waals surface area contributed by atoms with Gasteiger partial charge in [0.05, 0.1) is 5.69 Å². The number of halogens is 1. The molecular weight excluding hydrogens is 277 g/mol. The smallest absolute Gasteiger partial charge is 0.146 e. The highest BCUT2D eigenvalue weighted by molar-refractivity contribution is 5.50. The minimum Gasteiger partial charge on any atom is -0.369 e. The van der Waals surface area contributed by atoms with Crippen LogP contribution in [0.15, 0.2) is 18.2 Å². The van der Waals surface area contributed by atoms with Crippen LogP contribution in [0.4, 0.5) is 10.1 Å². The monoisotopic (exact) mass is 307 g/mol. The van der Waals surface area contributed by atoms with Gasteiger partial charge in [-0.2, -0.15) is 0 Å². The molecule has 0 saturated carbocycles. The van der Waals surface area contributed by atoms with Crippen LogP contribution in [0.2, 0.25) is 0 Å². The van der Waals surface area contributed by atoms with Crippen molar-refractivity contribution in [2.75, 3.05) is 45.2 Å². The molecule has 3 nitrogen and oxygen atoms in total. The van der Waals surface area contributed by atoms with Crippen molar-refractivity contribution in [1.29, 1.82) is 0 Å². The first kappa shape index (κ1) is 17.2. The van der Waals surface area contributed by atoms with Crippen LogP contribution < -0.4 is 10.2 Å². The standard InChI is InChI=1S/C18H30FN3/c1-15-6-4-11-22(14-15)18-12-16(7-8-17(18)19)13-20-9-5-10-21(2)3/h7-8,12,15,20H,4-6,9-11,13-14H2,1-3H3. The number of nitrogens with one attached hydrogen (secondary N) is 1. The lowest BCUT2D eigenvalue weighted by Gasteiger charge is -2.33. The molecule has 0 radical (unpaired) electrons. The maximum Gasteiger partial charge on any atom is 0.146 e. The van der Waals surface area contributed by atoms with Gasteiger partial charge in [0.15, 0.2) is 0 Å². The van der Waals surface area contributed by atoms with E-state index in [1.165, 1.54) is 12.0 Å². The summed E-state index contributed by atoms with van der Waals surface area (Å²) in [6.45, 7) is 7.08. The summed E-state index contributed by atoms with van der Waals surface area (Å²) in [5, 5.41) is 3.45. The Hall–Kier alpha value is -1.13. The molecule has 1 unspecified atom stereocenters. The summed E-state index contributed by atoms with van der Waals surface area (Å²) < 4.78 is 14.1. The van der Waals surface area contributed by atoms with Crippen molar-refractivity contribution in [1.82, 2.24) is 10.2 Å². The molecule has 0 aromatic heterocycles. The summed E-state index contributed by atoms with van der Waals surface area (Å²) >= 11 is 0. The average Bonchev–Trinajstić information content (AvgIpc) is 2.48. The number of nitrogens with zero attached hydrogens (tertiary/aromatic N) is 2. The molecule has 4 heteroatoms. The van der Waals surface area contributed by atoms with Gasteiger partial charge in [0.25, 0.3) is 0 Å². The minimum absolute atomic E-state index is 0.0922. The van der Waals surface area contributed by atoms with Crippen molar-refractivity contribution in [3.05, 3.63) is 29.6 Å². The van der Waals surface area contributed by atoms with Gasteiger partial charge in [-0.05, 0) is 70.1 Å². The van der Waals surface area contributed by atoms with Gasteiger partial charge in [0.1, 0.15) is 5.82 Å². The van der Waals surface area contributed by atoms with E-state index in [-0.39, 0.29) is 5.82 Å². The maximum atomic E-state index is 14.1. The van der Waals surface area contributed by atoms with Crippen LogP contribution >= 0.6 is 0 Å². The quantitative estimate of drug-likeness (QED) is 0.781. The molecule has 1 aliphatic heterocycles. The van der Waals surface area contributed by atoms with Gasteiger partial charge in [-0.3, -0.25) is 0 Å². The van der Waals surface area contributed by atoms with E-state index in [1.54, 1.807) is 6.07 Å². The Labute approximate surface area is 134 Å². The van der Waals surface area contributed by atoms with Gasteiger partial charge < -0.3 is 15.1 Å². The zero-order valence-electron chi connectivity index (χ0n) is 14.2. The van der Waals surface area contributed by atoms with E-state index in [0.717, 1.165) is 51.3 Å². The summed E-state index contributed by atoms with van der Waals surface area (Å²) in [7, 11) is 4.18. The Kier molecular flexibility index (Phi) is 6.65. The molecule has 0 aliphatic carbocycles. The summed E-state index contributed by atoms with van der Waals surface area (Å²) in [5.41, 5.74) is 1.94. The first-order valence-electron chi connectivity index (χ1n) is 8.45. The highest BCUT2D eigenvalue weighted by atomic mass is 19.1. The fourth-order valence-corrected chi connectivity index (χ4v) is 3.07. The van der Waals surface area contributed by atoms with Crippen LogP contribution in [0.1, 0.15) is 31.7 Å². The number of anilines is 1. The van der Waals surface area contributed by atoms with Crippen molar-refractivity contribution in [2.45, 2.75) is 32.7 Å². The zero-order valence-corrected chi connectivity index (χ0v) is 14.2. The summed E-state index contributed by atoms with van der Waals surface area (Å²) in [6, 6.07) is 5.53. The molecule has 1 aliphatic rings. The lowest BCUT2D eigenvalue weighted by atomic mass is 9.99. The second-order valence-electron chi connectivity index (χ2n) is 6.81. The highest BCUT2D eigenvalue weighted by Crippen LogP contribution is 2.26. The van der Waals surface area contributed by atoms with Crippen LogP contribution in [0.5, 0.6) is 0 Å². The lowest BCUT2D eigenvalue weighted by Crippen LogP contribution is -2.34. The predicted molar refractivity (Wildman–Crippen MR) is 91.9 cm³/mol. The Morgan fingerprint density at radius 1 is 1.36 bits per heavy atom. The van der Waals surface area contributed by atoms with Crippen molar-refractivity contribution < 1.29 is 4.39 Å². The van der Waals surface area contributed by atoms with Gasteiger partial charge in [-0.1, -0.05) is 13.0 Å². The Bertz CT molecular complexity index is 462. The van der Waals surface area contributed by atoms with Crippen LogP contribution in [0, 0.1) is 11.7 Å². The van der Waals surface area contributed by atoms with Crippen LogP contribution in [-0.4, -0.2) is 45.2 Å². The Morgan fingerprint density at radius 3 is 2.91 bits per heavy atom. The van der Waals surface area contributed by atoms with E-state index in [1.807, 2.05) is 12.1 Å². The second-order valence-corrected chi connectivity index (χ2v) is 6.81. The Balaban J connectivity index is 1.89. The van der Waals surface area contributed by atoms with E-state index in [0.29, 0.717) is 5.92 Å². The summed E-state index contributed by atoms with van der Waals surface area (Å²) in [6.07, 6.45) is 3.55. The molecule has 124 valence electrons. The van der Waals surface area contributed by atoms with Gasteiger partial charge in [-0.25, -0.2) is 4.39 Å². The average molecular weight is 307 g/mol. The van der Waals surface area contributed by atoms with E-state index < -0.39 is 0 Å². The molecule has 1 fully saturated rings. The molecule has 1 heterocycles. The molecule has 1 atom stereocenters. The number of piperidine rings is 1. The fourth-order valence-electron chi connectivity index (χ4n) is 3.07. The fraction of sp³-hybridized carbons (Fsp3) is 0.667. The maximum absolute atomic E-state index is 14.1. The molecule has 1 aromatic carbocycles. The van der Waals surface area contributed by atoms with Gasteiger partial charge >= 0.3 is 0 Å². The normalized spacial score (nSPS) is 19.0. The Morgan fingerprint density at radius 2 is 2.18 bits per heavy atom. The minimum atomic E-state index is -0.0922. The van der Waals surface area contributed by atoms with Crippen LogP contribution in [0.25, 0.3) is 0 Å². The van der Waals surface area contributed by atoms with Crippen molar-refractivity contribution in [2.24, 2.45) is 5.92 Å². The van der Waals surface area contributed by atoms with Crippen LogP contribution in [0.3, 0.4) is 0 Å². The first-order valence-corrected chi connectivity index (χ1v) is 8.45. The molecule has 0 spiro atoms. The van der Waals surface area contributed by atoms with Gasteiger partial charge in [0, 0.05) is 19.6 Å². The molecule has 1 saturated heterocycles. The third kappa shape index (κ3) is 5.25. The molecule has 2 rings (SSSR count). The highest BCUT2D eigenvalue weighted by Gasteiger charge is 2.19.